The van der Waals surface area contributed by atoms with Gasteiger partial charge in [0.05, 0.1) is 0 Å². The van der Waals surface area contributed by atoms with Gasteiger partial charge in [-0.2, -0.15) is 0 Å². The van der Waals surface area contributed by atoms with Gasteiger partial charge in [-0.1, -0.05) is 54.6 Å². The number of para-hydroxylation sites is 1. The average Bonchev–Trinajstić information content (AvgIpc) is 2.70. The molecule has 1 aliphatic rings. The van der Waals surface area contributed by atoms with Crippen LogP contribution in [0.25, 0.3) is 0 Å². The van der Waals surface area contributed by atoms with Crippen LogP contribution in [0.3, 0.4) is 0 Å². The first-order valence-electron chi connectivity index (χ1n) is 9.73. The Kier molecular flexibility index (Phi) is 12.0. The molecule has 2 aromatic rings. The molecule has 3 rings (SSSR count). The number of aliphatic hydroxyl groups is 1. The summed E-state index contributed by atoms with van der Waals surface area (Å²) in [5, 5.41) is 10.4. The zero-order chi connectivity index (χ0) is 18.9. The summed E-state index contributed by atoms with van der Waals surface area (Å²) in [5.41, 5.74) is 2.46. The Hall–Kier alpha value is -1.56. The van der Waals surface area contributed by atoms with Crippen molar-refractivity contribution in [2.24, 2.45) is 0 Å². The molecular formula is C23H32Cl2N2O2. The fourth-order valence-corrected chi connectivity index (χ4v) is 3.48. The number of hydrogen-bond donors (Lipinski definition) is 1. The van der Waals surface area contributed by atoms with Gasteiger partial charge in [0, 0.05) is 39.3 Å². The molecule has 160 valence electrons. The lowest BCUT2D eigenvalue weighted by Gasteiger charge is -2.35. The number of β-amino-alcohol motifs (C(OH)–C–C–N with tert-alkyl or cyclic N) is 1. The van der Waals surface area contributed by atoms with Crippen molar-refractivity contribution in [2.45, 2.75) is 19.1 Å². The molecule has 1 fully saturated rings. The summed E-state index contributed by atoms with van der Waals surface area (Å²) in [6.45, 7) is 9.79. The van der Waals surface area contributed by atoms with E-state index < -0.39 is 6.10 Å². The van der Waals surface area contributed by atoms with E-state index in [4.69, 9.17) is 4.74 Å². The molecule has 4 nitrogen and oxygen atoms in total. The highest BCUT2D eigenvalue weighted by atomic mass is 35.5. The number of ether oxygens (including phenoxy) is 1. The van der Waals surface area contributed by atoms with Crippen molar-refractivity contribution < 1.29 is 9.84 Å². The molecule has 1 atom stereocenters. The largest absolute Gasteiger partial charge is 0.491 e. The van der Waals surface area contributed by atoms with E-state index in [-0.39, 0.29) is 24.8 Å². The van der Waals surface area contributed by atoms with Crippen LogP contribution < -0.4 is 4.74 Å². The van der Waals surface area contributed by atoms with Crippen molar-refractivity contribution in [1.82, 2.24) is 9.80 Å². The van der Waals surface area contributed by atoms with E-state index in [9.17, 15) is 5.11 Å². The molecule has 0 bridgehead atoms. The topological polar surface area (TPSA) is 35.9 Å². The summed E-state index contributed by atoms with van der Waals surface area (Å²) < 4.78 is 5.86. The fourth-order valence-electron chi connectivity index (χ4n) is 3.48. The summed E-state index contributed by atoms with van der Waals surface area (Å²) in [7, 11) is 0. The highest BCUT2D eigenvalue weighted by molar-refractivity contribution is 5.85. The van der Waals surface area contributed by atoms with Crippen LogP contribution in [0.4, 0.5) is 0 Å². The van der Waals surface area contributed by atoms with Crippen LogP contribution in [0, 0.1) is 0 Å². The number of allylic oxidation sites excluding steroid dienone is 1. The second-order valence-corrected chi connectivity index (χ2v) is 7.13. The van der Waals surface area contributed by atoms with Crippen molar-refractivity contribution in [3.8, 4) is 5.75 Å². The molecule has 1 N–H and O–H groups in total. The van der Waals surface area contributed by atoms with Crippen LogP contribution >= 0.6 is 24.8 Å². The monoisotopic (exact) mass is 438 g/mol. The molecule has 0 spiro atoms. The first kappa shape index (κ1) is 25.5. The third-order valence-electron chi connectivity index (χ3n) is 4.95. The lowest BCUT2D eigenvalue weighted by Crippen LogP contribution is -2.48. The summed E-state index contributed by atoms with van der Waals surface area (Å²) in [5.74, 6) is 0.837. The van der Waals surface area contributed by atoms with Gasteiger partial charge in [0.1, 0.15) is 18.5 Å². The standard InChI is InChI=1S/C23H30N2O2.2ClH/c1-2-8-21-11-6-7-12-23(21)27-19-22(26)18-25-15-13-24(14-16-25)17-20-9-4-3-5-10-20;;/h2-7,9-12,22,26H,1,8,13-19H2;2*1H. The van der Waals surface area contributed by atoms with Crippen LogP contribution in [-0.2, 0) is 13.0 Å². The highest BCUT2D eigenvalue weighted by Crippen LogP contribution is 2.19. The van der Waals surface area contributed by atoms with E-state index in [1.807, 2.05) is 30.3 Å². The van der Waals surface area contributed by atoms with E-state index in [2.05, 4.69) is 46.7 Å². The van der Waals surface area contributed by atoms with E-state index in [1.54, 1.807) is 0 Å². The Morgan fingerprint density at radius 2 is 1.55 bits per heavy atom. The van der Waals surface area contributed by atoms with E-state index in [1.165, 1.54) is 5.56 Å². The van der Waals surface area contributed by atoms with Gasteiger partial charge < -0.3 is 9.84 Å². The molecule has 0 aliphatic carbocycles. The van der Waals surface area contributed by atoms with Gasteiger partial charge in [-0.25, -0.2) is 0 Å². The van der Waals surface area contributed by atoms with E-state index >= 15 is 0 Å². The molecule has 1 aliphatic heterocycles. The minimum Gasteiger partial charge on any atom is -0.491 e. The van der Waals surface area contributed by atoms with Gasteiger partial charge in [0.25, 0.3) is 0 Å². The van der Waals surface area contributed by atoms with Crippen molar-refractivity contribution >= 4 is 24.8 Å². The van der Waals surface area contributed by atoms with Gasteiger partial charge in [0.15, 0.2) is 0 Å². The van der Waals surface area contributed by atoms with E-state index in [0.717, 1.165) is 50.5 Å². The predicted octanol–water partition coefficient (Wildman–Crippen LogP) is 3.82. The number of hydrogen-bond acceptors (Lipinski definition) is 4. The number of piperazine rings is 1. The van der Waals surface area contributed by atoms with Crippen molar-refractivity contribution in [3.63, 3.8) is 0 Å². The molecule has 1 saturated heterocycles. The average molecular weight is 439 g/mol. The molecule has 29 heavy (non-hydrogen) atoms. The lowest BCUT2D eigenvalue weighted by molar-refractivity contribution is 0.0444. The number of rotatable bonds is 9. The normalized spacial score (nSPS) is 15.6. The van der Waals surface area contributed by atoms with Crippen LogP contribution in [0.5, 0.6) is 5.75 Å². The van der Waals surface area contributed by atoms with Crippen LogP contribution in [0.1, 0.15) is 11.1 Å². The quantitative estimate of drug-likeness (QED) is 0.603. The molecule has 2 aromatic carbocycles. The zero-order valence-electron chi connectivity index (χ0n) is 16.8. The molecular weight excluding hydrogens is 407 g/mol. The first-order chi connectivity index (χ1) is 13.2. The number of halogens is 2. The molecule has 6 heteroatoms. The Labute approximate surface area is 187 Å². The Balaban J connectivity index is 0.00000210. The maximum Gasteiger partial charge on any atom is 0.122 e. The SMILES string of the molecule is C=CCc1ccccc1OCC(O)CN1CCN(Cc2ccccc2)CC1.Cl.Cl. The summed E-state index contributed by atoms with van der Waals surface area (Å²) >= 11 is 0. The second-order valence-electron chi connectivity index (χ2n) is 7.13. The summed E-state index contributed by atoms with van der Waals surface area (Å²) in [4.78, 5) is 4.80. The maximum absolute atomic E-state index is 10.4. The summed E-state index contributed by atoms with van der Waals surface area (Å²) in [6, 6.07) is 18.5. The van der Waals surface area contributed by atoms with Crippen molar-refractivity contribution in [1.29, 1.82) is 0 Å². The Morgan fingerprint density at radius 1 is 0.931 bits per heavy atom. The molecule has 0 amide bonds. The molecule has 0 aromatic heterocycles. The molecule has 0 saturated carbocycles. The summed E-state index contributed by atoms with van der Waals surface area (Å²) in [6.07, 6.45) is 2.16. The smallest absolute Gasteiger partial charge is 0.122 e. The Bertz CT molecular complexity index is 707. The lowest BCUT2D eigenvalue weighted by atomic mass is 10.1. The van der Waals surface area contributed by atoms with Crippen LogP contribution in [-0.4, -0.2) is 60.3 Å². The number of aliphatic hydroxyl groups excluding tert-OH is 1. The van der Waals surface area contributed by atoms with Crippen molar-refractivity contribution in [2.75, 3.05) is 39.3 Å². The van der Waals surface area contributed by atoms with Crippen LogP contribution in [0.15, 0.2) is 67.3 Å². The predicted molar refractivity (Wildman–Crippen MR) is 124 cm³/mol. The second kappa shape index (κ2) is 13.6. The van der Waals surface area contributed by atoms with Crippen molar-refractivity contribution in [3.05, 3.63) is 78.4 Å². The van der Waals surface area contributed by atoms with Gasteiger partial charge in [-0.3, -0.25) is 9.80 Å². The number of benzene rings is 2. The molecule has 1 unspecified atom stereocenters. The van der Waals surface area contributed by atoms with Gasteiger partial charge >= 0.3 is 0 Å². The van der Waals surface area contributed by atoms with Crippen LogP contribution in [0.2, 0.25) is 0 Å². The minimum atomic E-state index is -0.484. The maximum atomic E-state index is 10.4. The third kappa shape index (κ3) is 8.37. The van der Waals surface area contributed by atoms with Gasteiger partial charge in [-0.15, -0.1) is 31.4 Å². The Morgan fingerprint density at radius 3 is 2.24 bits per heavy atom. The van der Waals surface area contributed by atoms with Gasteiger partial charge in [-0.05, 0) is 23.6 Å². The first-order valence-corrected chi connectivity index (χ1v) is 9.73. The van der Waals surface area contributed by atoms with E-state index in [0.29, 0.717) is 13.2 Å². The number of nitrogens with zero attached hydrogens (tertiary/aromatic N) is 2. The molecule has 0 radical (unpaired) electrons. The minimum absolute atomic E-state index is 0. The van der Waals surface area contributed by atoms with Gasteiger partial charge in [0.2, 0.25) is 0 Å². The molecule has 1 heterocycles. The zero-order valence-corrected chi connectivity index (χ0v) is 18.4. The highest BCUT2D eigenvalue weighted by Gasteiger charge is 2.19. The fraction of sp³-hybridized carbons (Fsp3) is 0.391. The third-order valence-corrected chi connectivity index (χ3v) is 4.95.